The molecule has 2 heterocycles. The van der Waals surface area contributed by atoms with E-state index in [9.17, 15) is 9.59 Å². The number of rotatable bonds is 2. The predicted molar refractivity (Wildman–Crippen MR) is 58.2 cm³/mol. The van der Waals surface area contributed by atoms with Crippen LogP contribution in [0.15, 0.2) is 12.4 Å². The van der Waals surface area contributed by atoms with Crippen molar-refractivity contribution in [2.24, 2.45) is 0 Å². The first kappa shape index (κ1) is 10.8. The third kappa shape index (κ3) is 2.11. The number of thioether (sulfide) groups is 1. The summed E-state index contributed by atoms with van der Waals surface area (Å²) in [6, 6.07) is -1.17. The fourth-order valence-corrected chi connectivity index (χ4v) is 2.51. The van der Waals surface area contributed by atoms with Gasteiger partial charge in [-0.25, -0.2) is 9.59 Å². The molecule has 2 amide bonds. The number of hydrogen-bond donors (Lipinski definition) is 3. The van der Waals surface area contributed by atoms with Gasteiger partial charge in [-0.05, 0) is 0 Å². The van der Waals surface area contributed by atoms with Crippen LogP contribution < -0.4 is 5.32 Å². The second-order valence-corrected chi connectivity index (χ2v) is 4.24. The Balaban J connectivity index is 2.01. The number of carbonyl (C=O) groups is 2. The quantitative estimate of drug-likeness (QED) is 0.697. The molecule has 7 nitrogen and oxygen atoms in total. The fourth-order valence-electron chi connectivity index (χ4n) is 1.36. The number of carbonyl (C=O) groups excluding carboxylic acids is 1. The zero-order valence-electron chi connectivity index (χ0n) is 8.21. The Morgan fingerprint density at radius 3 is 3.12 bits per heavy atom. The molecule has 1 atom stereocenters. The maximum atomic E-state index is 11.7. The molecule has 0 aromatic carbocycles. The Bertz CT molecular complexity index is 394. The van der Waals surface area contributed by atoms with Crippen LogP contribution in [0.4, 0.5) is 10.5 Å². The van der Waals surface area contributed by atoms with Gasteiger partial charge in [0.15, 0.2) is 0 Å². The lowest BCUT2D eigenvalue weighted by Crippen LogP contribution is -2.43. The summed E-state index contributed by atoms with van der Waals surface area (Å²) in [4.78, 5) is 23.9. The van der Waals surface area contributed by atoms with E-state index >= 15 is 0 Å². The summed E-state index contributed by atoms with van der Waals surface area (Å²) in [5.74, 6) is -0.165. The molecule has 0 spiro atoms. The van der Waals surface area contributed by atoms with E-state index in [0.29, 0.717) is 17.3 Å². The molecule has 1 aromatic heterocycles. The Hall–Kier alpha value is -1.70. The van der Waals surface area contributed by atoms with Gasteiger partial charge in [0.1, 0.15) is 6.04 Å². The van der Waals surface area contributed by atoms with E-state index in [1.54, 1.807) is 0 Å². The highest BCUT2D eigenvalue weighted by Crippen LogP contribution is 2.21. The average molecular weight is 242 g/mol. The highest BCUT2D eigenvalue weighted by Gasteiger charge is 2.34. The van der Waals surface area contributed by atoms with Crippen LogP contribution in [-0.4, -0.2) is 49.9 Å². The lowest BCUT2D eigenvalue weighted by Gasteiger charge is -2.20. The van der Waals surface area contributed by atoms with E-state index in [2.05, 4.69) is 15.5 Å². The van der Waals surface area contributed by atoms with Crippen molar-refractivity contribution in [3.05, 3.63) is 12.4 Å². The van der Waals surface area contributed by atoms with E-state index in [0.717, 1.165) is 0 Å². The Kier molecular flexibility index (Phi) is 3.00. The van der Waals surface area contributed by atoms with E-state index in [1.165, 1.54) is 29.1 Å². The van der Waals surface area contributed by atoms with Crippen molar-refractivity contribution >= 4 is 29.4 Å². The molecule has 86 valence electrons. The molecular formula is C8H10N4O3S. The summed E-state index contributed by atoms with van der Waals surface area (Å²) in [6.45, 7) is 0. The molecule has 1 aromatic rings. The lowest BCUT2D eigenvalue weighted by atomic mass is 10.3. The summed E-state index contributed by atoms with van der Waals surface area (Å²) < 4.78 is 0. The van der Waals surface area contributed by atoms with Crippen LogP contribution in [0.1, 0.15) is 0 Å². The summed E-state index contributed by atoms with van der Waals surface area (Å²) in [5.41, 5.74) is 0.519. The van der Waals surface area contributed by atoms with Crippen LogP contribution in [-0.2, 0) is 4.79 Å². The molecule has 16 heavy (non-hydrogen) atoms. The van der Waals surface area contributed by atoms with Gasteiger partial charge in [-0.2, -0.15) is 5.10 Å². The van der Waals surface area contributed by atoms with Gasteiger partial charge in [-0.15, -0.1) is 11.8 Å². The van der Waals surface area contributed by atoms with Crippen molar-refractivity contribution < 1.29 is 14.7 Å². The van der Waals surface area contributed by atoms with Crippen LogP contribution in [0.25, 0.3) is 0 Å². The smallest absolute Gasteiger partial charge is 0.327 e. The van der Waals surface area contributed by atoms with Gasteiger partial charge in [0.25, 0.3) is 0 Å². The number of H-pyrrole nitrogens is 1. The molecule has 1 aliphatic rings. The molecule has 1 aliphatic heterocycles. The predicted octanol–water partition coefficient (Wildman–Crippen LogP) is 0.401. The van der Waals surface area contributed by atoms with E-state index < -0.39 is 18.0 Å². The van der Waals surface area contributed by atoms with Crippen LogP contribution in [0, 0.1) is 0 Å². The third-order valence-corrected chi connectivity index (χ3v) is 3.19. The molecule has 1 unspecified atom stereocenters. The Labute approximate surface area is 95.2 Å². The van der Waals surface area contributed by atoms with Gasteiger partial charge in [0.05, 0.1) is 17.8 Å². The van der Waals surface area contributed by atoms with Crippen molar-refractivity contribution in [3.63, 3.8) is 0 Å². The molecule has 0 aliphatic carbocycles. The van der Waals surface area contributed by atoms with Crippen LogP contribution in [0.5, 0.6) is 0 Å². The number of urea groups is 1. The Morgan fingerprint density at radius 1 is 1.69 bits per heavy atom. The van der Waals surface area contributed by atoms with E-state index in [4.69, 9.17) is 5.11 Å². The largest absolute Gasteiger partial charge is 0.480 e. The summed E-state index contributed by atoms with van der Waals surface area (Å²) in [5, 5.41) is 17.7. The lowest BCUT2D eigenvalue weighted by molar-refractivity contribution is -0.140. The molecule has 8 heteroatoms. The summed E-state index contributed by atoms with van der Waals surface area (Å²) >= 11 is 1.42. The average Bonchev–Trinajstić information content (AvgIpc) is 2.86. The molecule has 0 bridgehead atoms. The van der Waals surface area contributed by atoms with Gasteiger partial charge in [-0.1, -0.05) is 0 Å². The maximum absolute atomic E-state index is 11.7. The monoisotopic (exact) mass is 242 g/mol. The molecular weight excluding hydrogens is 232 g/mol. The first-order chi connectivity index (χ1) is 7.68. The number of aromatic nitrogens is 2. The number of hydrogen-bond acceptors (Lipinski definition) is 4. The second-order valence-electron chi connectivity index (χ2n) is 3.24. The first-order valence-corrected chi connectivity index (χ1v) is 5.71. The summed E-state index contributed by atoms with van der Waals surface area (Å²) in [7, 11) is 0. The van der Waals surface area contributed by atoms with Crippen molar-refractivity contribution in [3.8, 4) is 0 Å². The second kappa shape index (κ2) is 4.44. The topological polar surface area (TPSA) is 98.3 Å². The fraction of sp³-hybridized carbons (Fsp3) is 0.375. The van der Waals surface area contributed by atoms with Crippen LogP contribution in [0.2, 0.25) is 0 Å². The maximum Gasteiger partial charge on any atom is 0.327 e. The number of nitrogens with zero attached hydrogens (tertiary/aromatic N) is 2. The molecule has 1 saturated heterocycles. The molecule has 1 fully saturated rings. The van der Waals surface area contributed by atoms with Crippen molar-refractivity contribution in [1.82, 2.24) is 15.1 Å². The molecule has 0 radical (unpaired) electrons. The minimum Gasteiger partial charge on any atom is -0.480 e. The number of carboxylic acid groups (broad SMARTS) is 1. The molecule has 2 rings (SSSR count). The normalized spacial score (nSPS) is 19.8. The van der Waals surface area contributed by atoms with Gasteiger partial charge in [-0.3, -0.25) is 5.10 Å². The number of carboxylic acids is 1. The van der Waals surface area contributed by atoms with E-state index in [-0.39, 0.29) is 0 Å². The number of aliphatic carboxylic acids is 1. The van der Waals surface area contributed by atoms with Crippen LogP contribution in [0.3, 0.4) is 0 Å². The van der Waals surface area contributed by atoms with Gasteiger partial charge in [0, 0.05) is 11.9 Å². The SMILES string of the molecule is O=C(O)C1CSCN1C(=O)Nc1cn[nH]c1. The van der Waals surface area contributed by atoms with Gasteiger partial charge in [0.2, 0.25) is 0 Å². The number of aromatic amines is 1. The number of anilines is 1. The molecule has 3 N–H and O–H groups in total. The minimum absolute atomic E-state index is 0.390. The van der Waals surface area contributed by atoms with Crippen LogP contribution >= 0.6 is 11.8 Å². The van der Waals surface area contributed by atoms with Crippen molar-refractivity contribution in [2.75, 3.05) is 16.9 Å². The zero-order chi connectivity index (χ0) is 11.5. The van der Waals surface area contributed by atoms with Crippen molar-refractivity contribution in [1.29, 1.82) is 0 Å². The highest BCUT2D eigenvalue weighted by molar-refractivity contribution is 7.99. The standard InChI is InChI=1S/C8H10N4O3S/c13-7(14)6-3-16-4-12(6)8(15)11-5-1-9-10-2-5/h1-2,6H,3-4H2,(H,9,10)(H,11,15)(H,13,14). The van der Waals surface area contributed by atoms with Gasteiger partial charge < -0.3 is 15.3 Å². The first-order valence-electron chi connectivity index (χ1n) is 4.55. The highest BCUT2D eigenvalue weighted by atomic mass is 32.2. The van der Waals surface area contributed by atoms with Gasteiger partial charge >= 0.3 is 12.0 Å². The minimum atomic E-state index is -0.979. The zero-order valence-corrected chi connectivity index (χ0v) is 9.03. The summed E-state index contributed by atoms with van der Waals surface area (Å²) in [6.07, 6.45) is 2.98. The number of amides is 2. The molecule has 0 saturated carbocycles. The van der Waals surface area contributed by atoms with Crippen molar-refractivity contribution in [2.45, 2.75) is 6.04 Å². The van der Waals surface area contributed by atoms with E-state index in [1.807, 2.05) is 0 Å². The number of nitrogens with one attached hydrogen (secondary N) is 2. The third-order valence-electron chi connectivity index (χ3n) is 2.18. The Morgan fingerprint density at radius 2 is 2.50 bits per heavy atom.